The van der Waals surface area contributed by atoms with Crippen LogP contribution in [0.5, 0.6) is 11.5 Å². The van der Waals surface area contributed by atoms with Crippen molar-refractivity contribution in [2.75, 3.05) is 13.2 Å². The smallest absolute Gasteiger partial charge is 0.342 e. The number of aromatic hydroxyl groups is 2. The van der Waals surface area contributed by atoms with Crippen molar-refractivity contribution in [3.05, 3.63) is 58.7 Å². The summed E-state index contributed by atoms with van der Waals surface area (Å²) in [6.45, 7) is 3.73. The molecule has 0 bridgehead atoms. The molecule has 2 unspecified atom stereocenters. The maximum absolute atomic E-state index is 12.7. The fourth-order valence-electron chi connectivity index (χ4n) is 3.90. The number of carbonyl (C=O) groups is 2. The maximum Gasteiger partial charge on any atom is 0.342 e. The quantitative estimate of drug-likeness (QED) is 0.373. The number of ether oxygens (including phenoxy) is 1. The molecule has 3 rings (SSSR count). The number of phenols is 2. The first-order chi connectivity index (χ1) is 16.3. The third kappa shape index (κ3) is 6.20. The third-order valence-corrected chi connectivity index (χ3v) is 6.00. The zero-order valence-electron chi connectivity index (χ0n) is 19.2. The molecule has 0 radical (unpaired) electrons. The van der Waals surface area contributed by atoms with Gasteiger partial charge in [0.15, 0.2) is 6.61 Å². The molecular weight excluding hydrogens is 460 g/mol. The summed E-state index contributed by atoms with van der Waals surface area (Å²) in [4.78, 5) is 32.4. The minimum absolute atomic E-state index is 0.0243. The Kier molecular flexibility index (Phi) is 8.76. The molecule has 2 N–H and O–H groups in total. The lowest BCUT2D eigenvalue weighted by molar-refractivity contribution is -0.137. The van der Waals surface area contributed by atoms with Crippen molar-refractivity contribution in [1.29, 1.82) is 0 Å². The molecule has 2 atom stereocenters. The molecule has 1 aromatic carbocycles. The van der Waals surface area contributed by atoms with Crippen LogP contribution < -0.4 is 0 Å². The van der Waals surface area contributed by atoms with E-state index in [-0.39, 0.29) is 59.5 Å². The predicted molar refractivity (Wildman–Crippen MR) is 129 cm³/mol. The van der Waals surface area contributed by atoms with Crippen LogP contribution in [-0.2, 0) is 20.8 Å². The molecule has 2 aliphatic rings. The van der Waals surface area contributed by atoms with Crippen molar-refractivity contribution in [2.24, 2.45) is 5.16 Å². The van der Waals surface area contributed by atoms with Crippen molar-refractivity contribution in [3.63, 3.8) is 0 Å². The Balaban J connectivity index is 1.88. The molecule has 0 fully saturated rings. The second kappa shape index (κ2) is 11.7. The first-order valence-electron chi connectivity index (χ1n) is 11.2. The number of phenolic OH excluding ortho intramolecular Hbond substituents is 2. The SMILES string of the molecule is CC1C=CC(C)N1C(=O)CON=C1C=CCCC=CCCOC(=O)c2c(O)cc(O)c(Cl)c2C1. The van der Waals surface area contributed by atoms with Gasteiger partial charge < -0.3 is 24.7 Å². The topological polar surface area (TPSA) is 109 Å². The van der Waals surface area contributed by atoms with Crippen LogP contribution in [0, 0.1) is 0 Å². The van der Waals surface area contributed by atoms with Crippen molar-refractivity contribution >= 4 is 29.2 Å². The van der Waals surface area contributed by atoms with E-state index >= 15 is 0 Å². The fourth-order valence-corrected chi connectivity index (χ4v) is 4.11. The van der Waals surface area contributed by atoms with Crippen LogP contribution in [-0.4, -0.2) is 58.0 Å². The highest BCUT2D eigenvalue weighted by Gasteiger charge is 2.27. The van der Waals surface area contributed by atoms with Gasteiger partial charge in [0.2, 0.25) is 0 Å². The van der Waals surface area contributed by atoms with E-state index in [0.29, 0.717) is 12.1 Å². The minimum atomic E-state index is -0.760. The fraction of sp³-hybridized carbons (Fsp3) is 0.400. The summed E-state index contributed by atoms with van der Waals surface area (Å²) in [5.74, 6) is -1.79. The van der Waals surface area contributed by atoms with E-state index in [2.05, 4.69) is 5.16 Å². The first kappa shape index (κ1) is 25.4. The van der Waals surface area contributed by atoms with E-state index in [1.807, 2.05) is 44.2 Å². The van der Waals surface area contributed by atoms with Crippen LogP contribution in [0.15, 0.2) is 47.7 Å². The molecule has 9 heteroatoms. The zero-order chi connectivity index (χ0) is 24.7. The number of nitrogens with zero attached hydrogens (tertiary/aromatic N) is 2. The number of benzene rings is 1. The molecule has 0 saturated carbocycles. The van der Waals surface area contributed by atoms with E-state index in [0.717, 1.165) is 18.9 Å². The molecule has 0 aliphatic carbocycles. The largest absolute Gasteiger partial charge is 0.507 e. The Hall–Kier alpha value is -3.26. The summed E-state index contributed by atoms with van der Waals surface area (Å²) < 4.78 is 5.28. The molecule has 0 spiro atoms. The molecule has 0 saturated heterocycles. The summed E-state index contributed by atoms with van der Waals surface area (Å²) in [6.07, 6.45) is 13.4. The van der Waals surface area contributed by atoms with Gasteiger partial charge >= 0.3 is 5.97 Å². The number of cyclic esters (lactones) is 1. The number of amides is 1. The van der Waals surface area contributed by atoms with Crippen molar-refractivity contribution in [3.8, 4) is 11.5 Å². The minimum Gasteiger partial charge on any atom is -0.507 e. The lowest BCUT2D eigenvalue weighted by Crippen LogP contribution is -2.41. The molecule has 2 aliphatic heterocycles. The van der Waals surface area contributed by atoms with E-state index < -0.39 is 11.7 Å². The Bertz CT molecular complexity index is 1030. The number of halogens is 1. The van der Waals surface area contributed by atoms with Gasteiger partial charge in [0, 0.05) is 24.6 Å². The summed E-state index contributed by atoms with van der Waals surface area (Å²) >= 11 is 6.30. The average Bonchev–Trinajstić information content (AvgIpc) is 3.13. The van der Waals surface area contributed by atoms with Gasteiger partial charge in [0.1, 0.15) is 17.1 Å². The van der Waals surface area contributed by atoms with Gasteiger partial charge in [0.05, 0.1) is 17.3 Å². The lowest BCUT2D eigenvalue weighted by atomic mass is 9.99. The van der Waals surface area contributed by atoms with E-state index in [1.54, 1.807) is 11.0 Å². The van der Waals surface area contributed by atoms with Gasteiger partial charge in [-0.1, -0.05) is 47.1 Å². The third-order valence-electron chi connectivity index (χ3n) is 5.58. The molecule has 8 nitrogen and oxygen atoms in total. The Morgan fingerprint density at radius 1 is 1.15 bits per heavy atom. The number of hydrogen-bond acceptors (Lipinski definition) is 7. The molecule has 0 aromatic heterocycles. The summed E-state index contributed by atoms with van der Waals surface area (Å²) in [5.41, 5.74) is 0.364. The van der Waals surface area contributed by atoms with Crippen LogP contribution in [0.2, 0.25) is 5.02 Å². The number of carbonyl (C=O) groups excluding carboxylic acids is 2. The van der Waals surface area contributed by atoms with E-state index in [1.165, 1.54) is 0 Å². The number of esters is 1. The summed E-state index contributed by atoms with van der Waals surface area (Å²) in [5, 5.41) is 24.5. The molecule has 2 heterocycles. The number of oxime groups is 1. The highest BCUT2D eigenvalue weighted by atomic mass is 35.5. The van der Waals surface area contributed by atoms with Crippen LogP contribution >= 0.6 is 11.6 Å². The van der Waals surface area contributed by atoms with Crippen molar-refractivity contribution in [1.82, 2.24) is 4.90 Å². The second-order valence-corrected chi connectivity index (χ2v) is 8.54. The average molecular weight is 489 g/mol. The normalized spacial score (nSPS) is 22.4. The van der Waals surface area contributed by atoms with Gasteiger partial charge in [-0.3, -0.25) is 4.79 Å². The number of allylic oxidation sites excluding steroid dienone is 3. The van der Waals surface area contributed by atoms with Gasteiger partial charge in [-0.15, -0.1) is 0 Å². The predicted octanol–water partition coefficient (Wildman–Crippen LogP) is 4.29. The molecular formula is C25H29ClN2O6. The first-order valence-corrected chi connectivity index (χ1v) is 11.6. The molecule has 1 aromatic rings. The monoisotopic (exact) mass is 488 g/mol. The number of rotatable bonds is 3. The van der Waals surface area contributed by atoms with Crippen LogP contribution in [0.4, 0.5) is 0 Å². The van der Waals surface area contributed by atoms with Crippen molar-refractivity contribution in [2.45, 2.75) is 51.6 Å². The number of hydrogen-bond donors (Lipinski definition) is 2. The van der Waals surface area contributed by atoms with Crippen LogP contribution in [0.1, 0.15) is 49.0 Å². The summed E-state index contributed by atoms with van der Waals surface area (Å²) in [7, 11) is 0. The van der Waals surface area contributed by atoms with Crippen molar-refractivity contribution < 1.29 is 29.4 Å². The summed E-state index contributed by atoms with van der Waals surface area (Å²) in [6, 6.07) is 0.951. The highest BCUT2D eigenvalue weighted by Crippen LogP contribution is 2.37. The highest BCUT2D eigenvalue weighted by molar-refractivity contribution is 6.33. The lowest BCUT2D eigenvalue weighted by Gasteiger charge is -2.25. The van der Waals surface area contributed by atoms with Crippen LogP contribution in [0.25, 0.3) is 0 Å². The second-order valence-electron chi connectivity index (χ2n) is 8.16. The van der Waals surface area contributed by atoms with Gasteiger partial charge in [-0.2, -0.15) is 0 Å². The van der Waals surface area contributed by atoms with E-state index in [4.69, 9.17) is 21.2 Å². The Labute approximate surface area is 203 Å². The van der Waals surface area contributed by atoms with Gasteiger partial charge in [-0.05, 0) is 44.7 Å². The Morgan fingerprint density at radius 3 is 2.56 bits per heavy atom. The number of fused-ring (bicyclic) bond motifs is 1. The molecule has 182 valence electrons. The van der Waals surface area contributed by atoms with Gasteiger partial charge in [-0.25, -0.2) is 4.79 Å². The Morgan fingerprint density at radius 2 is 1.82 bits per heavy atom. The molecule has 1 amide bonds. The van der Waals surface area contributed by atoms with E-state index in [9.17, 15) is 19.8 Å². The standard InChI is InChI=1S/C25H29ClN2O6/c1-16-10-11-17(2)28(16)22(31)15-34-27-18-9-7-5-3-4-6-8-12-33-25(32)23-19(13-18)24(26)21(30)14-20(23)29/h4,6-7,9-11,14,16-17,29-30H,3,5,8,12-13,15H2,1-2H3. The maximum atomic E-state index is 12.7. The van der Waals surface area contributed by atoms with Gasteiger partial charge in [0.25, 0.3) is 5.91 Å². The molecule has 34 heavy (non-hydrogen) atoms. The van der Waals surface area contributed by atoms with Crippen LogP contribution in [0.3, 0.4) is 0 Å². The zero-order valence-corrected chi connectivity index (χ0v) is 20.0.